The second kappa shape index (κ2) is 3.91. The Morgan fingerprint density at radius 1 is 1.47 bits per heavy atom. The minimum absolute atomic E-state index is 0.297. The standard InChI is InChI=1S/C14H15NO2/c16-14(17)8-10-4-5-13-11(7-10)9-12-3-1-2-6-15(12)13/h1-3,6,9-10H,4-5,7-8H2,(H,16,17)/t10-/m0/s1. The monoisotopic (exact) mass is 229 g/mol. The molecule has 0 unspecified atom stereocenters. The molecule has 3 heteroatoms. The average Bonchev–Trinajstić information content (AvgIpc) is 2.65. The molecule has 1 aliphatic rings. The number of carboxylic acids is 1. The minimum atomic E-state index is -0.679. The molecule has 0 amide bonds. The number of nitrogens with zero attached hydrogens (tertiary/aromatic N) is 1. The van der Waals surface area contributed by atoms with Gasteiger partial charge in [0, 0.05) is 23.8 Å². The van der Waals surface area contributed by atoms with Crippen LogP contribution in [0.2, 0.25) is 0 Å². The molecule has 0 bridgehead atoms. The van der Waals surface area contributed by atoms with Crippen molar-refractivity contribution in [3.05, 3.63) is 41.7 Å². The maximum atomic E-state index is 10.7. The van der Waals surface area contributed by atoms with E-state index in [-0.39, 0.29) is 0 Å². The highest BCUT2D eigenvalue weighted by Gasteiger charge is 2.23. The third-order valence-electron chi connectivity index (χ3n) is 3.64. The van der Waals surface area contributed by atoms with Gasteiger partial charge in [0.2, 0.25) is 0 Å². The number of hydrogen-bond acceptors (Lipinski definition) is 1. The predicted octanol–water partition coefficient (Wildman–Crippen LogP) is 2.52. The lowest BCUT2D eigenvalue weighted by Crippen LogP contribution is -2.17. The number of carboxylic acid groups (broad SMARTS) is 1. The highest BCUT2D eigenvalue weighted by molar-refractivity contribution is 5.67. The van der Waals surface area contributed by atoms with Gasteiger partial charge in [0.1, 0.15) is 0 Å². The molecule has 2 aromatic rings. The number of aromatic nitrogens is 1. The van der Waals surface area contributed by atoms with Crippen LogP contribution in [0.15, 0.2) is 30.5 Å². The Labute approximate surface area is 99.7 Å². The molecule has 1 atom stereocenters. The van der Waals surface area contributed by atoms with Crippen molar-refractivity contribution in [1.82, 2.24) is 4.40 Å². The van der Waals surface area contributed by atoms with Crippen molar-refractivity contribution in [2.45, 2.75) is 25.7 Å². The molecule has 0 saturated heterocycles. The van der Waals surface area contributed by atoms with Gasteiger partial charge in [-0.1, -0.05) is 6.07 Å². The first-order chi connectivity index (χ1) is 8.24. The molecule has 0 radical (unpaired) electrons. The number of carbonyl (C=O) groups is 1. The Morgan fingerprint density at radius 2 is 2.35 bits per heavy atom. The zero-order valence-corrected chi connectivity index (χ0v) is 9.60. The summed E-state index contributed by atoms with van der Waals surface area (Å²) in [5.41, 5.74) is 3.91. The van der Waals surface area contributed by atoms with Crippen molar-refractivity contribution in [2.24, 2.45) is 5.92 Å². The van der Waals surface area contributed by atoms with Gasteiger partial charge in [-0.2, -0.15) is 0 Å². The van der Waals surface area contributed by atoms with Gasteiger partial charge >= 0.3 is 5.97 Å². The van der Waals surface area contributed by atoms with E-state index >= 15 is 0 Å². The number of rotatable bonds is 2. The fraction of sp³-hybridized carbons (Fsp3) is 0.357. The fourth-order valence-corrected chi connectivity index (χ4v) is 2.87. The lowest BCUT2D eigenvalue weighted by atomic mass is 9.85. The van der Waals surface area contributed by atoms with Gasteiger partial charge in [-0.3, -0.25) is 4.79 Å². The molecule has 1 aliphatic carbocycles. The van der Waals surface area contributed by atoms with E-state index in [2.05, 4.69) is 22.7 Å². The van der Waals surface area contributed by atoms with E-state index < -0.39 is 5.97 Å². The second-order valence-electron chi connectivity index (χ2n) is 4.82. The second-order valence-corrected chi connectivity index (χ2v) is 4.82. The van der Waals surface area contributed by atoms with Crippen LogP contribution in [-0.2, 0) is 17.6 Å². The molecule has 1 N–H and O–H groups in total. The molecule has 2 heterocycles. The highest BCUT2D eigenvalue weighted by Crippen LogP contribution is 2.30. The van der Waals surface area contributed by atoms with E-state index in [0.29, 0.717) is 12.3 Å². The molecular formula is C14H15NO2. The summed E-state index contributed by atoms with van der Waals surface area (Å²) in [6, 6.07) is 8.38. The van der Waals surface area contributed by atoms with Crippen LogP contribution in [0.4, 0.5) is 0 Å². The van der Waals surface area contributed by atoms with Crippen molar-refractivity contribution in [1.29, 1.82) is 0 Å². The van der Waals surface area contributed by atoms with Crippen molar-refractivity contribution < 1.29 is 9.90 Å². The van der Waals surface area contributed by atoms with Crippen LogP contribution >= 0.6 is 0 Å². The predicted molar refractivity (Wildman–Crippen MR) is 65.2 cm³/mol. The van der Waals surface area contributed by atoms with Crippen LogP contribution in [0.25, 0.3) is 5.52 Å². The lowest BCUT2D eigenvalue weighted by Gasteiger charge is -2.21. The van der Waals surface area contributed by atoms with Crippen LogP contribution in [0, 0.1) is 5.92 Å². The van der Waals surface area contributed by atoms with Crippen molar-refractivity contribution in [3.8, 4) is 0 Å². The fourth-order valence-electron chi connectivity index (χ4n) is 2.87. The molecule has 0 aliphatic heterocycles. The summed E-state index contributed by atoms with van der Waals surface area (Å²) in [7, 11) is 0. The van der Waals surface area contributed by atoms with E-state index in [0.717, 1.165) is 19.3 Å². The number of hydrogen-bond donors (Lipinski definition) is 1. The third kappa shape index (κ3) is 1.82. The molecule has 0 spiro atoms. The summed E-state index contributed by atoms with van der Waals surface area (Å²) in [6.45, 7) is 0. The van der Waals surface area contributed by atoms with Crippen molar-refractivity contribution >= 4 is 11.5 Å². The molecule has 2 aromatic heterocycles. The summed E-state index contributed by atoms with van der Waals surface area (Å²) in [4.78, 5) is 10.7. The lowest BCUT2D eigenvalue weighted by molar-refractivity contribution is -0.138. The first-order valence-electron chi connectivity index (χ1n) is 6.03. The Morgan fingerprint density at radius 3 is 3.18 bits per heavy atom. The minimum Gasteiger partial charge on any atom is -0.481 e. The van der Waals surface area contributed by atoms with E-state index in [9.17, 15) is 4.79 Å². The van der Waals surface area contributed by atoms with Crippen LogP contribution in [-0.4, -0.2) is 15.5 Å². The first kappa shape index (κ1) is 10.4. The maximum Gasteiger partial charge on any atom is 0.303 e. The van der Waals surface area contributed by atoms with E-state index in [1.807, 2.05) is 12.1 Å². The molecular weight excluding hydrogens is 214 g/mol. The van der Waals surface area contributed by atoms with Gasteiger partial charge < -0.3 is 9.51 Å². The van der Waals surface area contributed by atoms with Crippen LogP contribution in [0.5, 0.6) is 0 Å². The maximum absolute atomic E-state index is 10.7. The Hall–Kier alpha value is -1.77. The van der Waals surface area contributed by atoms with Gasteiger partial charge in [0.05, 0.1) is 0 Å². The van der Waals surface area contributed by atoms with Gasteiger partial charge in [-0.25, -0.2) is 0 Å². The van der Waals surface area contributed by atoms with Gasteiger partial charge in [-0.05, 0) is 48.9 Å². The Balaban J connectivity index is 1.95. The summed E-state index contributed by atoms with van der Waals surface area (Å²) < 4.78 is 2.23. The summed E-state index contributed by atoms with van der Waals surface area (Å²) >= 11 is 0. The number of fused-ring (bicyclic) bond motifs is 3. The summed E-state index contributed by atoms with van der Waals surface area (Å²) in [5, 5.41) is 8.85. The quantitative estimate of drug-likeness (QED) is 0.859. The van der Waals surface area contributed by atoms with Crippen molar-refractivity contribution in [2.75, 3.05) is 0 Å². The van der Waals surface area contributed by atoms with E-state index in [1.54, 1.807) is 0 Å². The largest absolute Gasteiger partial charge is 0.481 e. The topological polar surface area (TPSA) is 41.7 Å². The van der Waals surface area contributed by atoms with E-state index in [4.69, 9.17) is 5.11 Å². The molecule has 0 fully saturated rings. The molecule has 3 nitrogen and oxygen atoms in total. The smallest absolute Gasteiger partial charge is 0.303 e. The zero-order valence-electron chi connectivity index (χ0n) is 9.60. The van der Waals surface area contributed by atoms with Crippen molar-refractivity contribution in [3.63, 3.8) is 0 Å². The van der Waals surface area contributed by atoms with Crippen LogP contribution < -0.4 is 0 Å². The van der Waals surface area contributed by atoms with Crippen LogP contribution in [0.3, 0.4) is 0 Å². The Bertz CT molecular complexity index is 571. The average molecular weight is 229 g/mol. The third-order valence-corrected chi connectivity index (χ3v) is 3.64. The first-order valence-corrected chi connectivity index (χ1v) is 6.03. The molecule has 17 heavy (non-hydrogen) atoms. The Kier molecular flexibility index (Phi) is 2.39. The number of aryl methyl sites for hydroxylation is 1. The normalized spacial score (nSPS) is 19.2. The van der Waals surface area contributed by atoms with Gasteiger partial charge in [0.15, 0.2) is 0 Å². The molecule has 0 aromatic carbocycles. The van der Waals surface area contributed by atoms with E-state index in [1.165, 1.54) is 16.8 Å². The van der Waals surface area contributed by atoms with Gasteiger partial charge in [-0.15, -0.1) is 0 Å². The number of pyridine rings is 1. The molecule has 0 saturated carbocycles. The number of aliphatic carboxylic acids is 1. The highest BCUT2D eigenvalue weighted by atomic mass is 16.4. The van der Waals surface area contributed by atoms with Crippen LogP contribution in [0.1, 0.15) is 24.1 Å². The summed E-state index contributed by atoms with van der Waals surface area (Å²) in [6.07, 6.45) is 5.27. The van der Waals surface area contributed by atoms with Gasteiger partial charge in [0.25, 0.3) is 0 Å². The SMILES string of the molecule is O=C(O)C[C@H]1CCc2c(cc3ccccn23)C1. The summed E-state index contributed by atoms with van der Waals surface area (Å²) in [5.74, 6) is -0.375. The zero-order chi connectivity index (χ0) is 11.8. The molecule has 3 rings (SSSR count). The molecule has 88 valence electrons.